The topological polar surface area (TPSA) is 53.3 Å². The van der Waals surface area contributed by atoms with Gasteiger partial charge in [-0.2, -0.15) is 0 Å². The number of hydrogen-bond acceptors (Lipinski definition) is 2. The van der Waals surface area contributed by atoms with Crippen LogP contribution in [-0.2, 0) is 16.1 Å². The lowest BCUT2D eigenvalue weighted by molar-refractivity contribution is -0.137. The molecule has 1 fully saturated rings. The summed E-state index contributed by atoms with van der Waals surface area (Å²) in [6.45, 7) is 2.00. The van der Waals surface area contributed by atoms with E-state index in [-0.39, 0.29) is 18.6 Å². The zero-order valence-electron chi connectivity index (χ0n) is 10.5. The highest BCUT2D eigenvalue weighted by Crippen LogP contribution is 2.09. The third-order valence-electron chi connectivity index (χ3n) is 3.18. The van der Waals surface area contributed by atoms with Crippen LogP contribution in [0.5, 0.6) is 0 Å². The number of amides is 1. The molecule has 1 aliphatic heterocycles. The Kier molecular flexibility index (Phi) is 4.73. The molecule has 4 nitrogen and oxygen atoms in total. The van der Waals surface area contributed by atoms with Crippen LogP contribution in [0.25, 0.3) is 0 Å². The zero-order valence-corrected chi connectivity index (χ0v) is 10.5. The number of hydrogen-bond donors (Lipinski definition) is 0. The van der Waals surface area contributed by atoms with Gasteiger partial charge < -0.3 is 9.64 Å². The van der Waals surface area contributed by atoms with Crippen molar-refractivity contribution in [2.45, 2.75) is 25.5 Å². The predicted molar refractivity (Wildman–Crippen MR) is 68.8 cm³/mol. The van der Waals surface area contributed by atoms with Crippen molar-refractivity contribution < 1.29 is 9.53 Å². The molecule has 0 unspecified atom stereocenters. The van der Waals surface area contributed by atoms with Crippen LogP contribution in [0.1, 0.15) is 18.4 Å². The quantitative estimate of drug-likeness (QED) is 0.809. The third-order valence-corrected chi connectivity index (χ3v) is 3.18. The Morgan fingerprint density at radius 2 is 1.94 bits per heavy atom. The number of rotatable bonds is 4. The Bertz CT molecular complexity index is 373. The summed E-state index contributed by atoms with van der Waals surface area (Å²) in [4.78, 5) is 13.6. The van der Waals surface area contributed by atoms with Gasteiger partial charge in [-0.15, -0.1) is 0 Å². The summed E-state index contributed by atoms with van der Waals surface area (Å²) >= 11 is 0. The molecule has 0 aromatic heterocycles. The maximum Gasteiger partial charge on any atom is 0.248 e. The van der Waals surface area contributed by atoms with Crippen molar-refractivity contribution in [2.75, 3.05) is 19.7 Å². The van der Waals surface area contributed by atoms with E-state index in [0.717, 1.165) is 18.4 Å². The Labute approximate surface area is 108 Å². The molecular formula is C14H19N2O2. The molecule has 1 N–H and O–H groups in total. The van der Waals surface area contributed by atoms with Crippen molar-refractivity contribution in [3.05, 3.63) is 35.9 Å². The van der Waals surface area contributed by atoms with Crippen molar-refractivity contribution in [2.24, 2.45) is 0 Å². The van der Waals surface area contributed by atoms with Crippen molar-refractivity contribution in [3.63, 3.8) is 0 Å². The van der Waals surface area contributed by atoms with Gasteiger partial charge in [0.1, 0.15) is 6.61 Å². The fourth-order valence-electron chi connectivity index (χ4n) is 2.05. The molecule has 1 heterocycles. The Hall–Kier alpha value is -1.39. The standard InChI is InChI=1S/C14H19N2O2/c15-13-6-8-16(9-7-13)14(17)11-18-10-12-4-2-1-3-5-12/h1-5,13,15H,6-11H2. The summed E-state index contributed by atoms with van der Waals surface area (Å²) in [5.74, 6) is 0.0397. The summed E-state index contributed by atoms with van der Waals surface area (Å²) in [6, 6.07) is 9.84. The van der Waals surface area contributed by atoms with E-state index < -0.39 is 0 Å². The van der Waals surface area contributed by atoms with Crippen molar-refractivity contribution in [1.82, 2.24) is 10.6 Å². The molecule has 1 aromatic rings. The fraction of sp³-hybridized carbons (Fsp3) is 0.500. The highest BCUT2D eigenvalue weighted by atomic mass is 16.5. The largest absolute Gasteiger partial charge is 0.367 e. The molecule has 1 aliphatic rings. The zero-order chi connectivity index (χ0) is 12.8. The lowest BCUT2D eigenvalue weighted by Crippen LogP contribution is -2.42. The number of nitrogens with one attached hydrogen (secondary N) is 1. The lowest BCUT2D eigenvalue weighted by Gasteiger charge is -2.29. The van der Waals surface area contributed by atoms with Gasteiger partial charge in [0.25, 0.3) is 0 Å². The Balaban J connectivity index is 1.69. The van der Waals surface area contributed by atoms with Crippen molar-refractivity contribution in [1.29, 1.82) is 0 Å². The molecule has 1 saturated heterocycles. The minimum Gasteiger partial charge on any atom is -0.367 e. The molecule has 4 heteroatoms. The van der Waals surface area contributed by atoms with Gasteiger partial charge in [-0.25, -0.2) is 0 Å². The van der Waals surface area contributed by atoms with Gasteiger partial charge in [0.15, 0.2) is 0 Å². The van der Waals surface area contributed by atoms with Gasteiger partial charge >= 0.3 is 0 Å². The summed E-state index contributed by atoms with van der Waals surface area (Å²) in [7, 11) is 0. The maximum absolute atomic E-state index is 11.8. The first kappa shape index (κ1) is 13.1. The number of benzene rings is 1. The fourth-order valence-corrected chi connectivity index (χ4v) is 2.05. The number of likely N-dealkylation sites (tertiary alicyclic amines) is 1. The second-order valence-electron chi connectivity index (χ2n) is 4.63. The molecule has 97 valence electrons. The van der Waals surface area contributed by atoms with Crippen LogP contribution in [0.2, 0.25) is 0 Å². The second kappa shape index (κ2) is 6.52. The van der Waals surface area contributed by atoms with Gasteiger partial charge in [-0.3, -0.25) is 10.5 Å². The van der Waals surface area contributed by atoms with Crippen LogP contribution in [0.3, 0.4) is 0 Å². The van der Waals surface area contributed by atoms with Gasteiger partial charge in [-0.05, 0) is 18.4 Å². The molecule has 0 spiro atoms. The van der Waals surface area contributed by atoms with Crippen LogP contribution in [0.4, 0.5) is 0 Å². The van der Waals surface area contributed by atoms with E-state index in [1.165, 1.54) is 0 Å². The van der Waals surface area contributed by atoms with E-state index in [1.807, 2.05) is 30.3 Å². The van der Waals surface area contributed by atoms with E-state index in [1.54, 1.807) is 4.90 Å². The average Bonchev–Trinajstić information content (AvgIpc) is 2.40. The van der Waals surface area contributed by atoms with E-state index in [4.69, 9.17) is 10.5 Å². The van der Waals surface area contributed by atoms with Crippen LogP contribution in [0, 0.1) is 0 Å². The lowest BCUT2D eigenvalue weighted by atomic mass is 10.1. The molecule has 1 radical (unpaired) electrons. The number of nitrogens with zero attached hydrogens (tertiary/aromatic N) is 1. The van der Waals surface area contributed by atoms with E-state index >= 15 is 0 Å². The summed E-state index contributed by atoms with van der Waals surface area (Å²) < 4.78 is 5.42. The molecule has 1 amide bonds. The first-order valence-corrected chi connectivity index (χ1v) is 6.36. The SMILES string of the molecule is [NH]C1CCN(C(=O)COCc2ccccc2)CC1. The molecular weight excluding hydrogens is 228 g/mol. The molecule has 0 aliphatic carbocycles. The predicted octanol–water partition coefficient (Wildman–Crippen LogP) is 1.48. The molecule has 2 rings (SSSR count). The Morgan fingerprint density at radius 1 is 1.28 bits per heavy atom. The second-order valence-corrected chi connectivity index (χ2v) is 4.63. The number of carbonyl (C=O) groups is 1. The van der Waals surface area contributed by atoms with Crippen LogP contribution < -0.4 is 5.73 Å². The molecule has 18 heavy (non-hydrogen) atoms. The summed E-state index contributed by atoms with van der Waals surface area (Å²) in [5.41, 5.74) is 8.66. The smallest absolute Gasteiger partial charge is 0.248 e. The maximum atomic E-state index is 11.8. The first-order chi connectivity index (χ1) is 8.75. The highest BCUT2D eigenvalue weighted by Gasteiger charge is 2.20. The minimum absolute atomic E-state index is 0.000660. The van der Waals surface area contributed by atoms with E-state index in [9.17, 15) is 4.79 Å². The monoisotopic (exact) mass is 247 g/mol. The minimum atomic E-state index is -0.000660. The molecule has 0 atom stereocenters. The van der Waals surface area contributed by atoms with Crippen LogP contribution >= 0.6 is 0 Å². The van der Waals surface area contributed by atoms with Gasteiger partial charge in [0, 0.05) is 19.1 Å². The van der Waals surface area contributed by atoms with E-state index in [0.29, 0.717) is 19.7 Å². The van der Waals surface area contributed by atoms with Gasteiger partial charge in [-0.1, -0.05) is 30.3 Å². The van der Waals surface area contributed by atoms with Gasteiger partial charge in [0.2, 0.25) is 5.91 Å². The first-order valence-electron chi connectivity index (χ1n) is 6.36. The molecule has 0 bridgehead atoms. The normalized spacial score (nSPS) is 16.8. The summed E-state index contributed by atoms with van der Waals surface area (Å²) in [5, 5.41) is 0. The van der Waals surface area contributed by atoms with Crippen molar-refractivity contribution >= 4 is 5.91 Å². The third kappa shape index (κ3) is 3.82. The van der Waals surface area contributed by atoms with Gasteiger partial charge in [0.05, 0.1) is 6.61 Å². The number of piperidine rings is 1. The van der Waals surface area contributed by atoms with E-state index in [2.05, 4.69) is 0 Å². The van der Waals surface area contributed by atoms with Crippen LogP contribution in [-0.4, -0.2) is 36.5 Å². The van der Waals surface area contributed by atoms with Crippen LogP contribution in [0.15, 0.2) is 30.3 Å². The highest BCUT2D eigenvalue weighted by molar-refractivity contribution is 5.77. The average molecular weight is 247 g/mol. The number of carbonyl (C=O) groups excluding carboxylic acids is 1. The molecule has 0 saturated carbocycles. The number of ether oxygens (including phenoxy) is 1. The van der Waals surface area contributed by atoms with Crippen molar-refractivity contribution in [3.8, 4) is 0 Å². The summed E-state index contributed by atoms with van der Waals surface area (Å²) in [6.07, 6.45) is 1.56. The molecule has 1 aromatic carbocycles. The Morgan fingerprint density at radius 3 is 2.61 bits per heavy atom.